The average molecular weight is 588 g/mol. The summed E-state index contributed by atoms with van der Waals surface area (Å²) in [6.45, 7) is 1.74. The SMILES string of the molecule is COc1cc(C)cc2c1OCCC2NC(=O)C1CC(F)CN1C(=O)Cn1nc(C(N)=O)c2cc(-c3ccnnc3)ccc21. The van der Waals surface area contributed by atoms with Crippen molar-refractivity contribution in [1.82, 2.24) is 30.2 Å². The number of primary amides is 1. The molecule has 0 aliphatic carbocycles. The van der Waals surface area contributed by atoms with Crippen LogP contribution in [-0.2, 0) is 16.1 Å². The number of methoxy groups -OCH3 is 1. The van der Waals surface area contributed by atoms with E-state index in [2.05, 4.69) is 20.6 Å². The predicted octanol–water partition coefficient (Wildman–Crippen LogP) is 2.49. The number of aryl methyl sites for hydroxylation is 1. The molecule has 1 saturated heterocycles. The normalized spacial score (nSPS) is 19.5. The predicted molar refractivity (Wildman–Crippen MR) is 153 cm³/mol. The molecule has 2 aromatic carbocycles. The number of fused-ring (bicyclic) bond motifs is 2. The third-order valence-electron chi connectivity index (χ3n) is 7.85. The first kappa shape index (κ1) is 28.1. The Morgan fingerprint density at radius 1 is 1.16 bits per heavy atom. The number of nitrogens with zero attached hydrogens (tertiary/aromatic N) is 5. The molecule has 3 amide bonds. The van der Waals surface area contributed by atoms with Gasteiger partial charge in [-0.15, -0.1) is 0 Å². The molecule has 222 valence electrons. The highest BCUT2D eigenvalue weighted by Gasteiger charge is 2.41. The fourth-order valence-corrected chi connectivity index (χ4v) is 5.83. The van der Waals surface area contributed by atoms with Crippen LogP contribution in [0, 0.1) is 6.92 Å². The molecule has 2 aliphatic rings. The fraction of sp³-hybridized carbons (Fsp3) is 0.333. The Kier molecular flexibility index (Phi) is 7.38. The lowest BCUT2D eigenvalue weighted by Gasteiger charge is -2.30. The van der Waals surface area contributed by atoms with Gasteiger partial charge in [0.1, 0.15) is 18.8 Å². The molecule has 0 saturated carbocycles. The minimum atomic E-state index is -1.36. The molecule has 0 spiro atoms. The Morgan fingerprint density at radius 3 is 2.74 bits per heavy atom. The molecule has 43 heavy (non-hydrogen) atoms. The van der Waals surface area contributed by atoms with Crippen molar-refractivity contribution in [2.24, 2.45) is 5.73 Å². The number of ether oxygens (including phenoxy) is 2. The molecule has 2 aliphatic heterocycles. The molecule has 12 nitrogen and oxygen atoms in total. The standard InChI is InChI=1S/C30H30FN7O5/c1-16-9-20-22(6-8-43-28(20)25(10-16)42-2)35-30(41)24-12-19(31)14-37(24)26(39)15-38-23-4-3-17(18-5-7-33-34-13-18)11-21(23)27(36-38)29(32)40/h3-5,7,9-11,13,19,22,24H,6,8,12,14-15H2,1-2H3,(H2,32,40)(H,35,41). The van der Waals surface area contributed by atoms with Gasteiger partial charge in [-0.3, -0.25) is 19.1 Å². The van der Waals surface area contributed by atoms with Crippen molar-refractivity contribution in [3.05, 3.63) is 65.6 Å². The molecule has 4 aromatic rings. The first-order valence-corrected chi connectivity index (χ1v) is 13.9. The zero-order chi connectivity index (χ0) is 30.2. The van der Waals surface area contributed by atoms with Crippen molar-refractivity contribution >= 4 is 28.6 Å². The summed E-state index contributed by atoms with van der Waals surface area (Å²) in [7, 11) is 1.55. The molecular weight excluding hydrogens is 557 g/mol. The third-order valence-corrected chi connectivity index (χ3v) is 7.85. The number of amides is 3. The molecular formula is C30H30FN7O5. The van der Waals surface area contributed by atoms with E-state index in [4.69, 9.17) is 15.2 Å². The first-order valence-electron chi connectivity index (χ1n) is 13.9. The number of rotatable bonds is 7. The summed E-state index contributed by atoms with van der Waals surface area (Å²) < 4.78 is 27.4. The lowest BCUT2D eigenvalue weighted by atomic mass is 9.97. The van der Waals surface area contributed by atoms with Crippen molar-refractivity contribution in [3.63, 3.8) is 0 Å². The summed E-state index contributed by atoms with van der Waals surface area (Å²) in [5.74, 6) is -0.584. The van der Waals surface area contributed by atoms with Crippen molar-refractivity contribution < 1.29 is 28.2 Å². The van der Waals surface area contributed by atoms with Gasteiger partial charge >= 0.3 is 0 Å². The molecule has 2 aromatic heterocycles. The van der Waals surface area contributed by atoms with E-state index in [0.29, 0.717) is 35.4 Å². The largest absolute Gasteiger partial charge is 0.493 e. The highest BCUT2D eigenvalue weighted by Crippen LogP contribution is 2.40. The van der Waals surface area contributed by atoms with Gasteiger partial charge in [-0.25, -0.2) is 4.39 Å². The zero-order valence-electron chi connectivity index (χ0n) is 23.6. The van der Waals surface area contributed by atoms with Crippen LogP contribution in [0.1, 0.15) is 40.5 Å². The van der Waals surface area contributed by atoms with Crippen LogP contribution < -0.4 is 20.5 Å². The molecule has 3 unspecified atom stereocenters. The Morgan fingerprint density at radius 2 is 2.00 bits per heavy atom. The van der Waals surface area contributed by atoms with Crippen molar-refractivity contribution in [3.8, 4) is 22.6 Å². The minimum Gasteiger partial charge on any atom is -0.493 e. The second kappa shape index (κ2) is 11.3. The van der Waals surface area contributed by atoms with Gasteiger partial charge in [0.05, 0.1) is 44.2 Å². The maximum Gasteiger partial charge on any atom is 0.269 e. The van der Waals surface area contributed by atoms with Gasteiger partial charge in [0.2, 0.25) is 11.8 Å². The van der Waals surface area contributed by atoms with Gasteiger partial charge in [-0.1, -0.05) is 12.1 Å². The van der Waals surface area contributed by atoms with Crippen molar-refractivity contribution in [2.75, 3.05) is 20.3 Å². The highest BCUT2D eigenvalue weighted by molar-refractivity contribution is 6.05. The third kappa shape index (κ3) is 5.33. The Labute approximate surface area is 246 Å². The zero-order valence-corrected chi connectivity index (χ0v) is 23.6. The minimum absolute atomic E-state index is 0.00495. The summed E-state index contributed by atoms with van der Waals surface area (Å²) in [4.78, 5) is 40.6. The van der Waals surface area contributed by atoms with E-state index in [1.54, 1.807) is 43.8 Å². The van der Waals surface area contributed by atoms with Crippen LogP contribution in [0.4, 0.5) is 4.39 Å². The van der Waals surface area contributed by atoms with Crippen molar-refractivity contribution in [2.45, 2.75) is 44.6 Å². The molecule has 3 atom stereocenters. The maximum absolute atomic E-state index is 14.7. The summed E-state index contributed by atoms with van der Waals surface area (Å²) in [6, 6.07) is 9.42. The Hall–Kier alpha value is -5.07. The number of nitrogens with two attached hydrogens (primary N) is 1. The van der Waals surface area contributed by atoms with Gasteiger partial charge in [0.15, 0.2) is 17.2 Å². The number of alkyl halides is 1. The monoisotopic (exact) mass is 587 g/mol. The number of hydrogen-bond acceptors (Lipinski definition) is 8. The van der Waals surface area contributed by atoms with Crippen LogP contribution in [0.25, 0.3) is 22.0 Å². The van der Waals surface area contributed by atoms with Crippen LogP contribution in [0.5, 0.6) is 11.5 Å². The van der Waals surface area contributed by atoms with Crippen LogP contribution in [0.2, 0.25) is 0 Å². The number of carbonyl (C=O) groups excluding carboxylic acids is 3. The number of benzene rings is 2. The second-order valence-electron chi connectivity index (χ2n) is 10.7. The van der Waals surface area contributed by atoms with Gasteiger partial charge in [-0.2, -0.15) is 15.3 Å². The molecule has 0 radical (unpaired) electrons. The molecule has 1 fully saturated rings. The summed E-state index contributed by atoms with van der Waals surface area (Å²) >= 11 is 0. The highest BCUT2D eigenvalue weighted by atomic mass is 19.1. The lowest BCUT2D eigenvalue weighted by molar-refractivity contribution is -0.139. The summed E-state index contributed by atoms with van der Waals surface area (Å²) in [5.41, 5.74) is 9.35. The smallest absolute Gasteiger partial charge is 0.269 e. The fourth-order valence-electron chi connectivity index (χ4n) is 5.83. The van der Waals surface area contributed by atoms with E-state index < -0.39 is 36.0 Å². The van der Waals surface area contributed by atoms with Crippen LogP contribution in [0.3, 0.4) is 0 Å². The number of hydrogen-bond donors (Lipinski definition) is 2. The van der Waals surface area contributed by atoms with Crippen molar-refractivity contribution in [1.29, 1.82) is 0 Å². The number of nitrogens with one attached hydrogen (secondary N) is 1. The van der Waals surface area contributed by atoms with E-state index in [1.807, 2.05) is 19.1 Å². The number of likely N-dealkylation sites (tertiary alicyclic amines) is 1. The van der Waals surface area contributed by atoms with Crippen LogP contribution in [0.15, 0.2) is 48.8 Å². The molecule has 0 bridgehead atoms. The van der Waals surface area contributed by atoms with E-state index >= 15 is 0 Å². The van der Waals surface area contributed by atoms with Crippen LogP contribution in [-0.4, -0.2) is 75.1 Å². The van der Waals surface area contributed by atoms with Gasteiger partial charge < -0.3 is 25.4 Å². The summed E-state index contributed by atoms with van der Waals surface area (Å²) in [6.07, 6.45) is 2.16. The maximum atomic E-state index is 14.7. The molecule has 13 heteroatoms. The number of halogens is 1. The van der Waals surface area contributed by atoms with E-state index in [-0.39, 0.29) is 25.2 Å². The average Bonchev–Trinajstić information content (AvgIpc) is 3.58. The molecule has 6 rings (SSSR count). The second-order valence-corrected chi connectivity index (χ2v) is 10.7. The molecule has 4 heterocycles. The van der Waals surface area contributed by atoms with Crippen LogP contribution >= 0.6 is 0 Å². The van der Waals surface area contributed by atoms with E-state index in [1.165, 1.54) is 9.58 Å². The van der Waals surface area contributed by atoms with E-state index in [9.17, 15) is 18.8 Å². The Bertz CT molecular complexity index is 1730. The first-order chi connectivity index (χ1) is 20.7. The topological polar surface area (TPSA) is 155 Å². The van der Waals surface area contributed by atoms with Gasteiger partial charge in [0.25, 0.3) is 5.91 Å². The quantitative estimate of drug-likeness (QED) is 0.334. The molecule has 3 N–H and O–H groups in total. The Balaban J connectivity index is 1.24. The van der Waals surface area contributed by atoms with Gasteiger partial charge in [-0.05, 0) is 42.3 Å². The van der Waals surface area contributed by atoms with Gasteiger partial charge in [0, 0.05) is 29.4 Å². The summed E-state index contributed by atoms with van der Waals surface area (Å²) in [5, 5.41) is 15.4. The van der Waals surface area contributed by atoms with E-state index in [0.717, 1.165) is 22.3 Å². The lowest BCUT2D eigenvalue weighted by Crippen LogP contribution is -2.48. The number of aromatic nitrogens is 4. The number of carbonyl (C=O) groups is 3.